The van der Waals surface area contributed by atoms with E-state index in [1.165, 1.54) is 4.31 Å². The lowest BCUT2D eigenvalue weighted by Gasteiger charge is -2.27. The first-order valence-corrected chi connectivity index (χ1v) is 8.91. The highest BCUT2D eigenvalue weighted by molar-refractivity contribution is 7.89. The number of thiophene rings is 1. The van der Waals surface area contributed by atoms with E-state index in [2.05, 4.69) is 5.32 Å². The van der Waals surface area contributed by atoms with Gasteiger partial charge in [0, 0.05) is 23.3 Å². The van der Waals surface area contributed by atoms with Crippen LogP contribution in [0, 0.1) is 19.8 Å². The zero-order chi connectivity index (χ0) is 14.0. The molecule has 0 radical (unpaired) electrons. The molecule has 0 bridgehead atoms. The second-order valence-corrected chi connectivity index (χ2v) is 8.75. The van der Waals surface area contributed by atoms with Crippen molar-refractivity contribution in [3.63, 3.8) is 0 Å². The first-order valence-electron chi connectivity index (χ1n) is 6.65. The van der Waals surface area contributed by atoms with Crippen molar-refractivity contribution in [2.24, 2.45) is 5.92 Å². The van der Waals surface area contributed by atoms with Crippen molar-refractivity contribution < 1.29 is 8.42 Å². The van der Waals surface area contributed by atoms with Crippen molar-refractivity contribution in [1.82, 2.24) is 9.62 Å². The molecule has 0 saturated carbocycles. The van der Waals surface area contributed by atoms with Crippen LogP contribution in [-0.4, -0.2) is 39.4 Å². The molecule has 4 nitrogen and oxygen atoms in total. The first kappa shape index (κ1) is 15.0. The van der Waals surface area contributed by atoms with Gasteiger partial charge in [-0.05, 0) is 51.8 Å². The minimum atomic E-state index is -3.33. The number of nitrogens with zero attached hydrogens (tertiary/aromatic N) is 1. The van der Waals surface area contributed by atoms with Gasteiger partial charge in [-0.3, -0.25) is 0 Å². The van der Waals surface area contributed by atoms with E-state index >= 15 is 0 Å². The zero-order valence-corrected chi connectivity index (χ0v) is 13.4. The third kappa shape index (κ3) is 3.37. The van der Waals surface area contributed by atoms with Gasteiger partial charge in [0.15, 0.2) is 0 Å². The molecule has 1 saturated heterocycles. The monoisotopic (exact) mass is 302 g/mol. The van der Waals surface area contributed by atoms with E-state index in [0.29, 0.717) is 17.4 Å². The lowest BCUT2D eigenvalue weighted by atomic mass is 10.00. The van der Waals surface area contributed by atoms with Crippen molar-refractivity contribution in [2.45, 2.75) is 31.6 Å². The summed E-state index contributed by atoms with van der Waals surface area (Å²) >= 11 is 1.54. The van der Waals surface area contributed by atoms with Crippen LogP contribution in [0.3, 0.4) is 0 Å². The van der Waals surface area contributed by atoms with Crippen LogP contribution >= 0.6 is 11.3 Å². The standard InChI is InChI=1S/C13H22N2O2S2/c1-10-7-13(11(2)18-10)19(16,17)15(3)9-12-5-4-6-14-8-12/h7,12,14H,4-6,8-9H2,1-3H3. The molecule has 0 aliphatic carbocycles. The molecule has 1 aromatic rings. The van der Waals surface area contributed by atoms with Crippen molar-refractivity contribution in [2.75, 3.05) is 26.7 Å². The summed E-state index contributed by atoms with van der Waals surface area (Å²) in [6.07, 6.45) is 2.24. The van der Waals surface area contributed by atoms with Gasteiger partial charge in [0.05, 0.1) is 4.90 Å². The predicted octanol–water partition coefficient (Wildman–Crippen LogP) is 1.99. The fourth-order valence-electron chi connectivity index (χ4n) is 2.57. The van der Waals surface area contributed by atoms with E-state index in [9.17, 15) is 8.42 Å². The molecule has 2 heterocycles. The molecule has 1 aliphatic heterocycles. The van der Waals surface area contributed by atoms with Crippen molar-refractivity contribution in [3.8, 4) is 0 Å². The van der Waals surface area contributed by atoms with Crippen LogP contribution in [0.2, 0.25) is 0 Å². The van der Waals surface area contributed by atoms with Gasteiger partial charge < -0.3 is 5.32 Å². The number of sulfonamides is 1. The van der Waals surface area contributed by atoms with Gasteiger partial charge in [0.25, 0.3) is 0 Å². The molecule has 1 aliphatic rings. The van der Waals surface area contributed by atoms with Gasteiger partial charge in [-0.1, -0.05) is 0 Å². The van der Waals surface area contributed by atoms with Crippen LogP contribution in [0.15, 0.2) is 11.0 Å². The lowest BCUT2D eigenvalue weighted by molar-refractivity contribution is 0.315. The van der Waals surface area contributed by atoms with Gasteiger partial charge in [0.1, 0.15) is 0 Å². The van der Waals surface area contributed by atoms with E-state index in [4.69, 9.17) is 0 Å². The van der Waals surface area contributed by atoms with Crippen LogP contribution in [0.4, 0.5) is 0 Å². The molecule has 1 fully saturated rings. The number of aryl methyl sites for hydroxylation is 2. The van der Waals surface area contributed by atoms with E-state index in [1.807, 2.05) is 13.8 Å². The Morgan fingerprint density at radius 1 is 1.47 bits per heavy atom. The maximum atomic E-state index is 12.6. The maximum absolute atomic E-state index is 12.6. The van der Waals surface area contributed by atoms with Crippen molar-refractivity contribution in [3.05, 3.63) is 15.8 Å². The summed E-state index contributed by atoms with van der Waals surface area (Å²) < 4.78 is 26.6. The second-order valence-electron chi connectivity index (χ2n) is 5.28. The van der Waals surface area contributed by atoms with E-state index in [-0.39, 0.29) is 0 Å². The molecule has 6 heteroatoms. The summed E-state index contributed by atoms with van der Waals surface area (Å²) in [5.74, 6) is 0.425. The molecule has 108 valence electrons. The Morgan fingerprint density at radius 3 is 2.74 bits per heavy atom. The topological polar surface area (TPSA) is 49.4 Å². The lowest BCUT2D eigenvalue weighted by Crippen LogP contribution is -2.39. The SMILES string of the molecule is Cc1cc(S(=O)(=O)N(C)CC2CCCNC2)c(C)s1. The Morgan fingerprint density at radius 2 is 2.21 bits per heavy atom. The molecule has 1 unspecified atom stereocenters. The smallest absolute Gasteiger partial charge is 0.243 e. The molecular weight excluding hydrogens is 280 g/mol. The summed E-state index contributed by atoms with van der Waals surface area (Å²) in [6.45, 7) is 6.39. The van der Waals surface area contributed by atoms with Gasteiger partial charge in [-0.25, -0.2) is 12.7 Å². The molecule has 0 spiro atoms. The Balaban J connectivity index is 2.12. The zero-order valence-electron chi connectivity index (χ0n) is 11.8. The molecule has 0 aromatic carbocycles. The molecular formula is C13H22N2O2S2. The summed E-state index contributed by atoms with van der Waals surface area (Å²) in [4.78, 5) is 2.40. The minimum Gasteiger partial charge on any atom is -0.316 e. The highest BCUT2D eigenvalue weighted by Gasteiger charge is 2.27. The molecule has 19 heavy (non-hydrogen) atoms. The van der Waals surface area contributed by atoms with E-state index in [1.54, 1.807) is 24.5 Å². The van der Waals surface area contributed by atoms with E-state index < -0.39 is 10.0 Å². The van der Waals surface area contributed by atoms with Crippen molar-refractivity contribution >= 4 is 21.4 Å². The minimum absolute atomic E-state index is 0.425. The fourth-order valence-corrected chi connectivity index (χ4v) is 5.34. The Bertz CT molecular complexity index is 531. The summed E-state index contributed by atoms with van der Waals surface area (Å²) in [7, 11) is -1.64. The van der Waals surface area contributed by atoms with Gasteiger partial charge in [-0.2, -0.15) is 0 Å². The van der Waals surface area contributed by atoms with Crippen LogP contribution < -0.4 is 5.32 Å². The number of hydrogen-bond acceptors (Lipinski definition) is 4. The summed E-state index contributed by atoms with van der Waals surface area (Å²) in [6, 6.07) is 1.78. The molecule has 0 amide bonds. The summed E-state index contributed by atoms with van der Waals surface area (Å²) in [5, 5.41) is 3.33. The van der Waals surface area contributed by atoms with Gasteiger partial charge in [0.2, 0.25) is 10.0 Å². The third-order valence-corrected chi connectivity index (χ3v) is 6.64. The molecule has 1 N–H and O–H groups in total. The fraction of sp³-hybridized carbons (Fsp3) is 0.692. The Hall–Kier alpha value is -0.430. The molecule has 2 rings (SSSR count). The summed E-state index contributed by atoms with van der Waals surface area (Å²) in [5.41, 5.74) is 0. The van der Waals surface area contributed by atoms with Crippen LogP contribution in [0.5, 0.6) is 0 Å². The molecule has 1 aromatic heterocycles. The number of piperidine rings is 1. The highest BCUT2D eigenvalue weighted by atomic mass is 32.2. The average Bonchev–Trinajstić information content (AvgIpc) is 2.70. The Labute approximate surface area is 119 Å². The van der Waals surface area contributed by atoms with Gasteiger partial charge in [-0.15, -0.1) is 11.3 Å². The first-order chi connectivity index (χ1) is 8.91. The van der Waals surface area contributed by atoms with Crippen LogP contribution in [0.25, 0.3) is 0 Å². The second kappa shape index (κ2) is 5.91. The Kier molecular flexibility index (Phi) is 4.66. The largest absolute Gasteiger partial charge is 0.316 e. The number of nitrogens with one attached hydrogen (secondary N) is 1. The maximum Gasteiger partial charge on any atom is 0.243 e. The normalized spacial score (nSPS) is 20.9. The number of hydrogen-bond donors (Lipinski definition) is 1. The van der Waals surface area contributed by atoms with Crippen molar-refractivity contribution in [1.29, 1.82) is 0 Å². The van der Waals surface area contributed by atoms with E-state index in [0.717, 1.165) is 35.7 Å². The van der Waals surface area contributed by atoms with Crippen LogP contribution in [-0.2, 0) is 10.0 Å². The average molecular weight is 302 g/mol. The van der Waals surface area contributed by atoms with Gasteiger partial charge >= 0.3 is 0 Å². The molecule has 1 atom stereocenters. The third-order valence-electron chi connectivity index (χ3n) is 3.60. The quantitative estimate of drug-likeness (QED) is 0.925. The van der Waals surface area contributed by atoms with Crippen LogP contribution in [0.1, 0.15) is 22.6 Å². The number of rotatable bonds is 4. The predicted molar refractivity (Wildman–Crippen MR) is 79.2 cm³/mol. The highest BCUT2D eigenvalue weighted by Crippen LogP contribution is 2.27.